The molecule has 0 amide bonds. The zero-order valence-corrected chi connectivity index (χ0v) is 12.4. The number of hydrogen-bond donors (Lipinski definition) is 0. The van der Waals surface area contributed by atoms with E-state index < -0.39 is 20.8 Å². The second-order valence-electron chi connectivity index (χ2n) is 5.71. The van der Waals surface area contributed by atoms with Crippen molar-refractivity contribution in [3.63, 3.8) is 0 Å². The molecule has 0 radical (unpaired) electrons. The maximum atomic E-state index is 12.8. The van der Waals surface area contributed by atoms with Crippen LogP contribution in [-0.2, 0) is 14.6 Å². The molecular weight excluding hydrogens is 274 g/mol. The number of sulfone groups is 1. The number of hydrogen-bond acceptors (Lipinski definition) is 4. The van der Waals surface area contributed by atoms with Gasteiger partial charge >= 0.3 is 0 Å². The molecular formula is C15H19NO3S. The van der Waals surface area contributed by atoms with Crippen LogP contribution >= 0.6 is 0 Å². The van der Waals surface area contributed by atoms with E-state index in [9.17, 15) is 8.42 Å². The number of aliphatic imine (C=N–C) groups is 1. The number of ether oxygens (including phenoxy) is 1. The minimum atomic E-state index is -3.49. The van der Waals surface area contributed by atoms with Crippen LogP contribution in [-0.4, -0.2) is 25.8 Å². The second kappa shape index (κ2) is 4.88. The highest BCUT2D eigenvalue weighted by Crippen LogP contribution is 2.41. The molecule has 1 unspecified atom stereocenters. The van der Waals surface area contributed by atoms with Crippen LogP contribution in [0.5, 0.6) is 0 Å². The van der Waals surface area contributed by atoms with E-state index in [4.69, 9.17) is 4.74 Å². The fourth-order valence-corrected chi connectivity index (χ4v) is 4.96. The number of nitrogens with zero attached hydrogens (tertiary/aromatic N) is 1. The first-order valence-electron chi connectivity index (χ1n) is 7.05. The summed E-state index contributed by atoms with van der Waals surface area (Å²) < 4.78 is 31.3. The summed E-state index contributed by atoms with van der Waals surface area (Å²) in [5, 5.41) is -0.794. The van der Waals surface area contributed by atoms with Crippen LogP contribution in [0.3, 0.4) is 0 Å². The van der Waals surface area contributed by atoms with Crippen LogP contribution in [0.25, 0.3) is 0 Å². The standard InChI is InChI=1S/C15H19NO3S/c1-12-5-7-13(8-6-12)20(17,18)14-15(19-11-16-14)9-3-2-4-10-15/h5-8,11,14H,2-4,9-10H2,1H3. The van der Waals surface area contributed by atoms with E-state index in [0.717, 1.165) is 37.7 Å². The van der Waals surface area contributed by atoms with Gasteiger partial charge < -0.3 is 4.74 Å². The van der Waals surface area contributed by atoms with Crippen molar-refractivity contribution in [1.29, 1.82) is 0 Å². The van der Waals surface area contributed by atoms with Crippen molar-refractivity contribution in [2.75, 3.05) is 0 Å². The van der Waals surface area contributed by atoms with Crippen LogP contribution in [0.2, 0.25) is 0 Å². The predicted molar refractivity (Wildman–Crippen MR) is 77.5 cm³/mol. The lowest BCUT2D eigenvalue weighted by Crippen LogP contribution is -2.45. The molecule has 0 aromatic heterocycles. The Morgan fingerprint density at radius 2 is 1.80 bits per heavy atom. The van der Waals surface area contributed by atoms with Gasteiger partial charge in [0.05, 0.1) is 4.90 Å². The fraction of sp³-hybridized carbons (Fsp3) is 0.533. The van der Waals surface area contributed by atoms with Crippen LogP contribution in [0.15, 0.2) is 34.2 Å². The molecule has 1 aromatic rings. The van der Waals surface area contributed by atoms with E-state index in [-0.39, 0.29) is 0 Å². The number of aryl methyl sites for hydroxylation is 1. The van der Waals surface area contributed by atoms with Gasteiger partial charge in [-0.15, -0.1) is 0 Å². The normalized spacial score (nSPS) is 24.8. The molecule has 1 saturated carbocycles. The Hall–Kier alpha value is -1.36. The molecule has 1 aromatic carbocycles. The molecule has 0 bridgehead atoms. The molecule has 1 heterocycles. The smallest absolute Gasteiger partial charge is 0.205 e. The molecule has 2 aliphatic rings. The van der Waals surface area contributed by atoms with Gasteiger partial charge in [0.1, 0.15) is 5.60 Å². The third-order valence-electron chi connectivity index (χ3n) is 4.28. The molecule has 1 aliphatic heterocycles. The second-order valence-corrected chi connectivity index (χ2v) is 7.72. The summed E-state index contributed by atoms with van der Waals surface area (Å²) in [5.41, 5.74) is 0.407. The average molecular weight is 293 g/mol. The van der Waals surface area contributed by atoms with Crippen molar-refractivity contribution in [3.8, 4) is 0 Å². The molecule has 20 heavy (non-hydrogen) atoms. The Kier molecular flexibility index (Phi) is 3.32. The van der Waals surface area contributed by atoms with E-state index in [1.807, 2.05) is 19.1 Å². The zero-order chi connectivity index (χ0) is 14.2. The van der Waals surface area contributed by atoms with Crippen molar-refractivity contribution in [2.24, 2.45) is 4.99 Å². The number of rotatable bonds is 2. The molecule has 1 fully saturated rings. The van der Waals surface area contributed by atoms with Gasteiger partial charge in [-0.1, -0.05) is 24.1 Å². The minimum absolute atomic E-state index is 0.334. The Morgan fingerprint density at radius 1 is 1.15 bits per heavy atom. The topological polar surface area (TPSA) is 55.7 Å². The van der Waals surface area contributed by atoms with Crippen LogP contribution in [0.4, 0.5) is 0 Å². The first-order chi connectivity index (χ1) is 9.55. The molecule has 1 aliphatic carbocycles. The Balaban J connectivity index is 1.97. The van der Waals surface area contributed by atoms with Gasteiger partial charge in [0.25, 0.3) is 0 Å². The summed E-state index contributed by atoms with van der Waals surface area (Å²) in [6, 6.07) is 6.96. The first-order valence-corrected chi connectivity index (χ1v) is 8.59. The number of benzene rings is 1. The molecule has 1 spiro atoms. The molecule has 1 atom stereocenters. The van der Waals surface area contributed by atoms with Gasteiger partial charge in [-0.3, -0.25) is 0 Å². The van der Waals surface area contributed by atoms with Crippen molar-refractivity contribution in [2.45, 2.75) is 54.9 Å². The summed E-state index contributed by atoms with van der Waals surface area (Å²) >= 11 is 0. The third kappa shape index (κ3) is 2.14. The van der Waals surface area contributed by atoms with E-state index in [1.54, 1.807) is 12.1 Å². The van der Waals surface area contributed by atoms with Crippen LogP contribution < -0.4 is 0 Å². The monoisotopic (exact) mass is 293 g/mol. The van der Waals surface area contributed by atoms with E-state index >= 15 is 0 Å². The minimum Gasteiger partial charge on any atom is -0.474 e. The molecule has 5 heteroatoms. The van der Waals surface area contributed by atoms with Crippen LogP contribution in [0.1, 0.15) is 37.7 Å². The zero-order valence-electron chi connectivity index (χ0n) is 11.6. The quantitative estimate of drug-likeness (QED) is 0.842. The Bertz CT molecular complexity index is 613. The predicted octanol–water partition coefficient (Wildman–Crippen LogP) is 2.86. The summed E-state index contributed by atoms with van der Waals surface area (Å²) in [6.07, 6.45) is 6.02. The van der Waals surface area contributed by atoms with Crippen molar-refractivity contribution >= 4 is 16.2 Å². The van der Waals surface area contributed by atoms with Crippen molar-refractivity contribution in [3.05, 3.63) is 29.8 Å². The highest BCUT2D eigenvalue weighted by molar-refractivity contribution is 7.92. The van der Waals surface area contributed by atoms with E-state index in [1.165, 1.54) is 6.40 Å². The Morgan fingerprint density at radius 3 is 2.45 bits per heavy atom. The van der Waals surface area contributed by atoms with Gasteiger partial charge in [0.15, 0.2) is 11.8 Å². The van der Waals surface area contributed by atoms with E-state index in [0.29, 0.717) is 4.90 Å². The first kappa shape index (κ1) is 13.6. The highest BCUT2D eigenvalue weighted by atomic mass is 32.2. The molecule has 108 valence electrons. The molecule has 4 nitrogen and oxygen atoms in total. The van der Waals surface area contributed by atoms with Crippen molar-refractivity contribution in [1.82, 2.24) is 0 Å². The van der Waals surface area contributed by atoms with Gasteiger partial charge in [-0.2, -0.15) is 0 Å². The average Bonchev–Trinajstić information content (AvgIpc) is 2.84. The lowest BCUT2D eigenvalue weighted by molar-refractivity contribution is 0.0419. The highest BCUT2D eigenvalue weighted by Gasteiger charge is 2.51. The lowest BCUT2D eigenvalue weighted by atomic mass is 9.85. The molecule has 0 N–H and O–H groups in total. The van der Waals surface area contributed by atoms with Gasteiger partial charge in [0.2, 0.25) is 9.84 Å². The summed E-state index contributed by atoms with van der Waals surface area (Å²) in [4.78, 5) is 4.48. The van der Waals surface area contributed by atoms with E-state index in [2.05, 4.69) is 4.99 Å². The largest absolute Gasteiger partial charge is 0.474 e. The fourth-order valence-electron chi connectivity index (χ4n) is 3.12. The molecule has 0 saturated heterocycles. The summed E-state index contributed by atoms with van der Waals surface area (Å²) in [6.45, 7) is 1.94. The van der Waals surface area contributed by atoms with Crippen molar-refractivity contribution < 1.29 is 13.2 Å². The summed E-state index contributed by atoms with van der Waals surface area (Å²) in [7, 11) is -3.49. The maximum Gasteiger partial charge on any atom is 0.205 e. The third-order valence-corrected chi connectivity index (χ3v) is 6.35. The lowest BCUT2D eigenvalue weighted by Gasteiger charge is -2.35. The van der Waals surface area contributed by atoms with Crippen LogP contribution in [0, 0.1) is 6.92 Å². The van der Waals surface area contributed by atoms with Gasteiger partial charge in [0, 0.05) is 0 Å². The summed E-state index contributed by atoms with van der Waals surface area (Å²) in [5.74, 6) is 0. The van der Waals surface area contributed by atoms with Gasteiger partial charge in [-0.25, -0.2) is 13.4 Å². The Labute approximate surface area is 119 Å². The van der Waals surface area contributed by atoms with Gasteiger partial charge in [-0.05, 0) is 44.7 Å². The maximum absolute atomic E-state index is 12.8. The molecule has 3 rings (SSSR count). The SMILES string of the molecule is Cc1ccc(S(=O)(=O)C2N=COC23CCCCC3)cc1.